The summed E-state index contributed by atoms with van der Waals surface area (Å²) in [6, 6.07) is 7.85. The Labute approximate surface area is 116 Å². The zero-order valence-electron chi connectivity index (χ0n) is 9.13. The van der Waals surface area contributed by atoms with Gasteiger partial charge in [0.2, 0.25) is 0 Å². The van der Waals surface area contributed by atoms with Gasteiger partial charge in [0.1, 0.15) is 0 Å². The van der Waals surface area contributed by atoms with E-state index < -0.39 is 0 Å². The Morgan fingerprint density at radius 1 is 1.33 bits per heavy atom. The fraction of sp³-hybridized carbons (Fsp3) is 0. The molecule has 4 nitrogen and oxygen atoms in total. The Bertz CT molecular complexity index is 678. The van der Waals surface area contributed by atoms with Crippen molar-refractivity contribution in [2.75, 3.05) is 5.73 Å². The van der Waals surface area contributed by atoms with Crippen LogP contribution in [0.1, 0.15) is 0 Å². The van der Waals surface area contributed by atoms with Crippen LogP contribution in [0.3, 0.4) is 0 Å². The number of rotatable bonds is 2. The lowest BCUT2D eigenvalue weighted by Gasteiger charge is -2.01. The molecule has 0 unspecified atom stereocenters. The van der Waals surface area contributed by atoms with Crippen LogP contribution in [0.2, 0.25) is 0 Å². The van der Waals surface area contributed by atoms with Gasteiger partial charge in [-0.3, -0.25) is 4.98 Å². The molecule has 0 spiro atoms. The van der Waals surface area contributed by atoms with Crippen LogP contribution in [-0.2, 0) is 0 Å². The molecule has 3 rings (SSSR count). The molecule has 2 aromatic heterocycles. The molecular weight excluding hydrogens is 314 g/mol. The fourth-order valence-electron chi connectivity index (χ4n) is 1.72. The van der Waals surface area contributed by atoms with Gasteiger partial charge in [-0.05, 0) is 17.7 Å². The molecule has 2 N–H and O–H groups in total. The number of aromatic nitrogens is 2. The lowest BCUT2D eigenvalue weighted by Crippen LogP contribution is -1.88. The predicted molar refractivity (Wildman–Crippen MR) is 75.2 cm³/mol. The van der Waals surface area contributed by atoms with E-state index in [1.54, 1.807) is 11.7 Å². The molecule has 0 aliphatic rings. The molecule has 1 aromatic carbocycles. The molecule has 0 fully saturated rings. The molecule has 0 atom stereocenters. The molecule has 0 amide bonds. The van der Waals surface area contributed by atoms with E-state index >= 15 is 0 Å². The molecule has 0 bridgehead atoms. The van der Waals surface area contributed by atoms with Crippen LogP contribution in [0.4, 0.5) is 5.82 Å². The minimum Gasteiger partial charge on any atom is -0.380 e. The topological polar surface area (TPSA) is 64.9 Å². The Hall–Kier alpha value is -1.66. The van der Waals surface area contributed by atoms with E-state index in [1.165, 1.54) is 11.3 Å². The van der Waals surface area contributed by atoms with Gasteiger partial charge >= 0.3 is 0 Å². The van der Waals surface area contributed by atoms with Crippen LogP contribution < -0.4 is 5.73 Å². The van der Waals surface area contributed by atoms with E-state index in [-0.39, 0.29) is 0 Å². The normalized spacial score (nSPS) is 10.7. The number of nitrogen functional groups attached to an aromatic ring is 1. The molecule has 90 valence electrons. The van der Waals surface area contributed by atoms with Crippen molar-refractivity contribution in [1.82, 2.24) is 10.1 Å². The molecule has 0 aliphatic carbocycles. The molecule has 0 saturated heterocycles. The van der Waals surface area contributed by atoms with Crippen LogP contribution >= 0.6 is 27.3 Å². The number of anilines is 1. The van der Waals surface area contributed by atoms with Crippen LogP contribution in [0.5, 0.6) is 0 Å². The third-order valence-electron chi connectivity index (χ3n) is 2.49. The summed E-state index contributed by atoms with van der Waals surface area (Å²) in [5.74, 6) is 1.05. The van der Waals surface area contributed by atoms with Gasteiger partial charge < -0.3 is 10.3 Å². The second-order valence-electron chi connectivity index (χ2n) is 3.65. The summed E-state index contributed by atoms with van der Waals surface area (Å²) >= 11 is 4.93. The maximum absolute atomic E-state index is 5.89. The van der Waals surface area contributed by atoms with E-state index in [0.717, 1.165) is 20.5 Å². The van der Waals surface area contributed by atoms with Crippen LogP contribution in [0.25, 0.3) is 21.8 Å². The highest BCUT2D eigenvalue weighted by Gasteiger charge is 2.18. The van der Waals surface area contributed by atoms with Crippen molar-refractivity contribution in [3.8, 4) is 21.8 Å². The zero-order valence-corrected chi connectivity index (χ0v) is 11.5. The van der Waals surface area contributed by atoms with E-state index in [0.29, 0.717) is 11.6 Å². The van der Waals surface area contributed by atoms with E-state index in [4.69, 9.17) is 10.3 Å². The molecule has 0 aliphatic heterocycles. The Balaban J connectivity index is 2.20. The highest BCUT2D eigenvalue weighted by atomic mass is 79.9. The number of thiazole rings is 1. The number of halogens is 1. The minimum absolute atomic E-state index is 0.386. The van der Waals surface area contributed by atoms with Gasteiger partial charge in [-0.25, -0.2) is 0 Å². The number of benzene rings is 1. The van der Waals surface area contributed by atoms with Crippen molar-refractivity contribution in [1.29, 1.82) is 0 Å². The maximum atomic E-state index is 5.89. The first-order valence-corrected chi connectivity index (χ1v) is 6.83. The Kier molecular flexibility index (Phi) is 2.89. The fourth-order valence-corrected chi connectivity index (χ4v) is 2.72. The van der Waals surface area contributed by atoms with E-state index in [1.807, 2.05) is 24.3 Å². The van der Waals surface area contributed by atoms with E-state index in [2.05, 4.69) is 26.1 Å². The summed E-state index contributed by atoms with van der Waals surface area (Å²) in [5, 5.41) is 3.84. The standard InChI is InChI=1S/C12H8BrN3OS/c13-8-3-1-2-7(4-8)10-11(17-16-12(10)14)9-5-15-6-18-9/h1-6H,(H2,14,16). The van der Waals surface area contributed by atoms with Gasteiger partial charge in [-0.15, -0.1) is 11.3 Å². The number of nitrogens with zero attached hydrogens (tertiary/aromatic N) is 2. The van der Waals surface area contributed by atoms with Crippen LogP contribution in [0, 0.1) is 0 Å². The Morgan fingerprint density at radius 2 is 2.22 bits per heavy atom. The molecule has 0 radical (unpaired) electrons. The third-order valence-corrected chi connectivity index (χ3v) is 3.75. The second kappa shape index (κ2) is 4.55. The number of nitrogens with two attached hydrogens (primary N) is 1. The summed E-state index contributed by atoms with van der Waals surface area (Å²) in [4.78, 5) is 4.95. The third kappa shape index (κ3) is 1.93. The second-order valence-corrected chi connectivity index (χ2v) is 5.45. The van der Waals surface area contributed by atoms with Gasteiger partial charge in [0.15, 0.2) is 11.6 Å². The van der Waals surface area contributed by atoms with Crippen LogP contribution in [-0.4, -0.2) is 10.1 Å². The maximum Gasteiger partial charge on any atom is 0.188 e. The smallest absolute Gasteiger partial charge is 0.188 e. The first kappa shape index (κ1) is 11.4. The van der Waals surface area contributed by atoms with Crippen molar-refractivity contribution in [3.05, 3.63) is 40.4 Å². The van der Waals surface area contributed by atoms with Crippen molar-refractivity contribution >= 4 is 33.1 Å². The zero-order chi connectivity index (χ0) is 12.5. The summed E-state index contributed by atoms with van der Waals surface area (Å²) in [6.07, 6.45) is 1.74. The number of hydrogen-bond donors (Lipinski definition) is 1. The van der Waals surface area contributed by atoms with Crippen molar-refractivity contribution in [2.24, 2.45) is 0 Å². The molecule has 3 aromatic rings. The molecular formula is C12H8BrN3OS. The largest absolute Gasteiger partial charge is 0.380 e. The van der Waals surface area contributed by atoms with Crippen molar-refractivity contribution < 1.29 is 4.52 Å². The monoisotopic (exact) mass is 321 g/mol. The summed E-state index contributed by atoms with van der Waals surface area (Å²) in [5.41, 5.74) is 9.41. The first-order valence-electron chi connectivity index (χ1n) is 5.15. The van der Waals surface area contributed by atoms with Gasteiger partial charge in [0, 0.05) is 10.7 Å². The summed E-state index contributed by atoms with van der Waals surface area (Å²) in [6.45, 7) is 0. The highest BCUT2D eigenvalue weighted by Crippen LogP contribution is 2.38. The average Bonchev–Trinajstić information content (AvgIpc) is 2.97. The summed E-state index contributed by atoms with van der Waals surface area (Å²) < 4.78 is 6.30. The quantitative estimate of drug-likeness (QED) is 0.779. The molecule has 0 saturated carbocycles. The highest BCUT2D eigenvalue weighted by molar-refractivity contribution is 9.10. The van der Waals surface area contributed by atoms with Gasteiger partial charge in [0.05, 0.1) is 16.0 Å². The van der Waals surface area contributed by atoms with E-state index in [9.17, 15) is 0 Å². The molecule has 18 heavy (non-hydrogen) atoms. The van der Waals surface area contributed by atoms with Crippen molar-refractivity contribution in [3.63, 3.8) is 0 Å². The predicted octanol–water partition coefficient (Wildman–Crippen LogP) is 3.81. The lowest BCUT2D eigenvalue weighted by molar-refractivity contribution is 0.437. The van der Waals surface area contributed by atoms with Crippen LogP contribution in [0.15, 0.2) is 45.0 Å². The van der Waals surface area contributed by atoms with Gasteiger partial charge in [-0.1, -0.05) is 33.2 Å². The number of hydrogen-bond acceptors (Lipinski definition) is 5. The summed E-state index contributed by atoms with van der Waals surface area (Å²) in [7, 11) is 0. The average molecular weight is 322 g/mol. The molecule has 2 heterocycles. The first-order chi connectivity index (χ1) is 8.75. The Morgan fingerprint density at radius 3 is 2.94 bits per heavy atom. The lowest BCUT2D eigenvalue weighted by atomic mass is 10.1. The van der Waals surface area contributed by atoms with Gasteiger partial charge in [0.25, 0.3) is 0 Å². The van der Waals surface area contributed by atoms with Gasteiger partial charge in [-0.2, -0.15) is 0 Å². The minimum atomic E-state index is 0.386. The SMILES string of the molecule is Nc1noc(-c2cncs2)c1-c1cccc(Br)c1. The van der Waals surface area contributed by atoms with Crippen molar-refractivity contribution in [2.45, 2.75) is 0 Å². The molecule has 6 heteroatoms.